The molecule has 0 amide bonds. The summed E-state index contributed by atoms with van der Waals surface area (Å²) in [5.41, 5.74) is 6.35. The minimum atomic E-state index is 0.314. The third-order valence-corrected chi connectivity index (χ3v) is 2.71. The number of nitrogens with zero attached hydrogens (tertiary/aromatic N) is 1. The lowest BCUT2D eigenvalue weighted by Crippen LogP contribution is -2.35. The van der Waals surface area contributed by atoms with Crippen LogP contribution in [0, 0.1) is 11.3 Å². The Hall–Kier alpha value is -0.0800. The summed E-state index contributed by atoms with van der Waals surface area (Å²) in [5, 5.41) is 0. The maximum atomic E-state index is 6.04. The smallest absolute Gasteiger partial charge is 0.0232 e. The van der Waals surface area contributed by atoms with E-state index in [0.29, 0.717) is 11.5 Å². The van der Waals surface area contributed by atoms with Gasteiger partial charge in [0, 0.05) is 25.7 Å². The highest BCUT2D eigenvalue weighted by atomic mass is 15.2. The molecule has 1 unspecified atom stereocenters. The second-order valence-corrected chi connectivity index (χ2v) is 5.18. The predicted octanol–water partition coefficient (Wildman–Crippen LogP) is 1.31. The molecule has 0 aromatic rings. The average Bonchev–Trinajstić information content (AvgIpc) is 2.04. The normalized spacial score (nSPS) is 30.0. The summed E-state index contributed by atoms with van der Waals surface area (Å²) in [4.78, 5) is 2.48. The molecule has 1 saturated heterocycles. The fourth-order valence-electron chi connectivity index (χ4n) is 1.94. The summed E-state index contributed by atoms with van der Waals surface area (Å²) >= 11 is 0. The molecule has 2 N–H and O–H groups in total. The first-order valence-corrected chi connectivity index (χ1v) is 4.90. The predicted molar refractivity (Wildman–Crippen MR) is 53.0 cm³/mol. The summed E-state index contributed by atoms with van der Waals surface area (Å²) in [5.74, 6) is 0.756. The first kappa shape index (κ1) is 10.0. The van der Waals surface area contributed by atoms with Crippen LogP contribution in [-0.4, -0.2) is 30.6 Å². The number of hydrogen-bond donors (Lipinski definition) is 1. The molecule has 0 radical (unpaired) electrons. The Bertz CT molecular complexity index is 152. The van der Waals surface area contributed by atoms with E-state index in [4.69, 9.17) is 5.73 Å². The summed E-state index contributed by atoms with van der Waals surface area (Å²) in [7, 11) is 0. The lowest BCUT2D eigenvalue weighted by atomic mass is 9.89. The van der Waals surface area contributed by atoms with Crippen LogP contribution in [0.3, 0.4) is 0 Å². The van der Waals surface area contributed by atoms with Gasteiger partial charge in [0.15, 0.2) is 0 Å². The average molecular weight is 170 g/mol. The summed E-state index contributed by atoms with van der Waals surface area (Å²) in [6.45, 7) is 12.5. The minimum absolute atomic E-state index is 0.314. The molecular formula is C10H22N2. The van der Waals surface area contributed by atoms with Crippen LogP contribution < -0.4 is 5.73 Å². The Morgan fingerprint density at radius 2 is 2.08 bits per heavy atom. The van der Waals surface area contributed by atoms with Crippen molar-refractivity contribution < 1.29 is 0 Å². The molecule has 72 valence electrons. The SMILES string of the molecule is CC(C)CN1CC(N)C(C)(C)C1. The molecule has 1 heterocycles. The standard InChI is InChI=1S/C10H22N2/c1-8(2)5-12-6-9(11)10(3,4)7-12/h8-9H,5-7,11H2,1-4H3. The number of hydrogen-bond acceptors (Lipinski definition) is 2. The van der Waals surface area contributed by atoms with Gasteiger partial charge in [-0.25, -0.2) is 0 Å². The Kier molecular flexibility index (Phi) is 2.79. The maximum absolute atomic E-state index is 6.04. The van der Waals surface area contributed by atoms with Gasteiger partial charge in [-0.1, -0.05) is 27.7 Å². The van der Waals surface area contributed by atoms with E-state index in [2.05, 4.69) is 32.6 Å². The molecule has 1 aliphatic heterocycles. The van der Waals surface area contributed by atoms with E-state index in [9.17, 15) is 0 Å². The van der Waals surface area contributed by atoms with Gasteiger partial charge >= 0.3 is 0 Å². The third kappa shape index (κ3) is 2.20. The van der Waals surface area contributed by atoms with Crippen LogP contribution in [0.2, 0.25) is 0 Å². The molecule has 0 spiro atoms. The fourth-order valence-corrected chi connectivity index (χ4v) is 1.94. The zero-order chi connectivity index (χ0) is 9.35. The van der Waals surface area contributed by atoms with Gasteiger partial charge in [0.05, 0.1) is 0 Å². The second-order valence-electron chi connectivity index (χ2n) is 5.18. The molecule has 1 aliphatic rings. The van der Waals surface area contributed by atoms with Gasteiger partial charge in [0.1, 0.15) is 0 Å². The first-order chi connectivity index (χ1) is 5.42. The Balaban J connectivity index is 2.44. The third-order valence-electron chi connectivity index (χ3n) is 2.71. The van der Waals surface area contributed by atoms with Gasteiger partial charge in [-0.15, -0.1) is 0 Å². The highest BCUT2D eigenvalue weighted by Gasteiger charge is 2.36. The summed E-state index contributed by atoms with van der Waals surface area (Å²) in [6.07, 6.45) is 0. The van der Waals surface area contributed by atoms with E-state index in [-0.39, 0.29) is 0 Å². The maximum Gasteiger partial charge on any atom is 0.0232 e. The van der Waals surface area contributed by atoms with E-state index in [1.54, 1.807) is 0 Å². The molecular weight excluding hydrogens is 148 g/mol. The molecule has 0 aromatic carbocycles. The monoisotopic (exact) mass is 170 g/mol. The van der Waals surface area contributed by atoms with Crippen molar-refractivity contribution in [1.29, 1.82) is 0 Å². The highest BCUT2D eigenvalue weighted by molar-refractivity contribution is 4.93. The zero-order valence-electron chi connectivity index (χ0n) is 8.80. The summed E-state index contributed by atoms with van der Waals surface area (Å²) < 4.78 is 0. The van der Waals surface area contributed by atoms with Crippen LogP contribution in [0.4, 0.5) is 0 Å². The second kappa shape index (κ2) is 3.35. The van der Waals surface area contributed by atoms with Crippen molar-refractivity contribution in [3.8, 4) is 0 Å². The van der Waals surface area contributed by atoms with Crippen molar-refractivity contribution in [3.63, 3.8) is 0 Å². The topological polar surface area (TPSA) is 29.3 Å². The van der Waals surface area contributed by atoms with E-state index in [1.165, 1.54) is 6.54 Å². The Morgan fingerprint density at radius 3 is 2.42 bits per heavy atom. The quantitative estimate of drug-likeness (QED) is 0.677. The van der Waals surface area contributed by atoms with E-state index < -0.39 is 0 Å². The molecule has 0 aromatic heterocycles. The van der Waals surface area contributed by atoms with Gasteiger partial charge in [0.2, 0.25) is 0 Å². The van der Waals surface area contributed by atoms with Gasteiger partial charge in [-0.3, -0.25) is 0 Å². The van der Waals surface area contributed by atoms with Crippen molar-refractivity contribution in [2.45, 2.75) is 33.7 Å². The van der Waals surface area contributed by atoms with E-state index >= 15 is 0 Å². The summed E-state index contributed by atoms with van der Waals surface area (Å²) in [6, 6.07) is 0.358. The van der Waals surface area contributed by atoms with Crippen LogP contribution >= 0.6 is 0 Å². The van der Waals surface area contributed by atoms with Crippen LogP contribution in [0.25, 0.3) is 0 Å². The number of rotatable bonds is 2. The largest absolute Gasteiger partial charge is 0.326 e. The molecule has 0 bridgehead atoms. The van der Waals surface area contributed by atoms with Gasteiger partial charge in [0.25, 0.3) is 0 Å². The first-order valence-electron chi connectivity index (χ1n) is 4.90. The lowest BCUT2D eigenvalue weighted by Gasteiger charge is -2.22. The Labute approximate surface area is 76.1 Å². The molecule has 12 heavy (non-hydrogen) atoms. The van der Waals surface area contributed by atoms with Crippen molar-refractivity contribution in [3.05, 3.63) is 0 Å². The van der Waals surface area contributed by atoms with Crippen LogP contribution in [0.15, 0.2) is 0 Å². The number of likely N-dealkylation sites (tertiary alicyclic amines) is 1. The number of nitrogens with two attached hydrogens (primary N) is 1. The molecule has 0 saturated carbocycles. The Morgan fingerprint density at radius 1 is 1.50 bits per heavy atom. The van der Waals surface area contributed by atoms with Crippen LogP contribution in [0.1, 0.15) is 27.7 Å². The highest BCUT2D eigenvalue weighted by Crippen LogP contribution is 2.28. The van der Waals surface area contributed by atoms with Crippen molar-refractivity contribution in [1.82, 2.24) is 4.90 Å². The van der Waals surface area contributed by atoms with E-state index in [1.807, 2.05) is 0 Å². The van der Waals surface area contributed by atoms with Gasteiger partial charge in [-0.05, 0) is 11.3 Å². The molecule has 2 nitrogen and oxygen atoms in total. The van der Waals surface area contributed by atoms with E-state index in [0.717, 1.165) is 19.0 Å². The lowest BCUT2D eigenvalue weighted by molar-refractivity contribution is 0.262. The fraction of sp³-hybridized carbons (Fsp3) is 1.00. The molecule has 0 aliphatic carbocycles. The van der Waals surface area contributed by atoms with Gasteiger partial charge < -0.3 is 10.6 Å². The molecule has 1 atom stereocenters. The molecule has 1 fully saturated rings. The zero-order valence-corrected chi connectivity index (χ0v) is 8.80. The van der Waals surface area contributed by atoms with Crippen molar-refractivity contribution in [2.24, 2.45) is 17.1 Å². The van der Waals surface area contributed by atoms with Crippen molar-refractivity contribution in [2.75, 3.05) is 19.6 Å². The molecule has 2 heteroatoms. The molecule has 1 rings (SSSR count). The van der Waals surface area contributed by atoms with Crippen molar-refractivity contribution >= 4 is 0 Å². The van der Waals surface area contributed by atoms with Gasteiger partial charge in [-0.2, -0.15) is 0 Å². The van der Waals surface area contributed by atoms with Crippen LogP contribution in [-0.2, 0) is 0 Å². The minimum Gasteiger partial charge on any atom is -0.326 e. The van der Waals surface area contributed by atoms with Crippen LogP contribution in [0.5, 0.6) is 0 Å².